The maximum atomic E-state index is 14.3. The van der Waals surface area contributed by atoms with Crippen molar-refractivity contribution < 1.29 is 4.39 Å². The standard InChI is InChI=1S/C18H26FN3/c1-14(2)22-9-7-21(8-10-22)13-17-6-5-16(11-18(17)19)15(3)12-20-4/h5-6,11-12,14H,4,7-10,13H2,1-3H3/b15-12+. The van der Waals surface area contributed by atoms with Crippen molar-refractivity contribution in [3.63, 3.8) is 0 Å². The van der Waals surface area contributed by atoms with Gasteiger partial charge in [0.15, 0.2) is 0 Å². The number of hydrogen-bond donors (Lipinski definition) is 0. The SMILES string of the molecule is C=N/C=C(\C)c1ccc(CN2CCN(C(C)C)CC2)c(F)c1. The molecule has 1 aliphatic heterocycles. The summed E-state index contributed by atoms with van der Waals surface area (Å²) in [5.74, 6) is -0.138. The van der Waals surface area contributed by atoms with Crippen molar-refractivity contribution in [1.29, 1.82) is 0 Å². The summed E-state index contributed by atoms with van der Waals surface area (Å²) < 4.78 is 14.3. The van der Waals surface area contributed by atoms with E-state index >= 15 is 0 Å². The highest BCUT2D eigenvalue weighted by atomic mass is 19.1. The summed E-state index contributed by atoms with van der Waals surface area (Å²) in [6.07, 6.45) is 1.65. The number of piperazine rings is 1. The molecule has 0 amide bonds. The number of hydrogen-bond acceptors (Lipinski definition) is 3. The van der Waals surface area contributed by atoms with Gasteiger partial charge in [0.1, 0.15) is 5.82 Å². The van der Waals surface area contributed by atoms with Gasteiger partial charge in [0.2, 0.25) is 0 Å². The number of allylic oxidation sites excluding steroid dienone is 1. The first kappa shape index (κ1) is 16.8. The molecule has 0 saturated carbocycles. The van der Waals surface area contributed by atoms with Crippen LogP contribution in [-0.4, -0.2) is 48.7 Å². The predicted molar refractivity (Wildman–Crippen MR) is 91.6 cm³/mol. The van der Waals surface area contributed by atoms with Gasteiger partial charge in [-0.05, 0) is 44.7 Å². The van der Waals surface area contributed by atoms with Crippen LogP contribution in [0.4, 0.5) is 4.39 Å². The second-order valence-corrected chi connectivity index (χ2v) is 6.21. The quantitative estimate of drug-likeness (QED) is 0.776. The van der Waals surface area contributed by atoms with Gasteiger partial charge in [-0.3, -0.25) is 14.8 Å². The van der Waals surface area contributed by atoms with Crippen LogP contribution in [0.2, 0.25) is 0 Å². The van der Waals surface area contributed by atoms with Crippen molar-refractivity contribution in [2.75, 3.05) is 26.2 Å². The summed E-state index contributed by atoms with van der Waals surface area (Å²) >= 11 is 0. The normalized spacial score (nSPS) is 18.0. The van der Waals surface area contributed by atoms with Crippen molar-refractivity contribution in [3.05, 3.63) is 41.3 Å². The van der Waals surface area contributed by atoms with Crippen LogP contribution in [0.1, 0.15) is 31.9 Å². The molecule has 0 bridgehead atoms. The summed E-state index contributed by atoms with van der Waals surface area (Å²) in [7, 11) is 0. The largest absolute Gasteiger partial charge is 0.298 e. The second kappa shape index (κ2) is 7.65. The van der Waals surface area contributed by atoms with Crippen molar-refractivity contribution >= 4 is 12.3 Å². The van der Waals surface area contributed by atoms with Gasteiger partial charge in [-0.2, -0.15) is 0 Å². The Labute approximate surface area is 133 Å². The maximum Gasteiger partial charge on any atom is 0.128 e. The third-order valence-electron chi connectivity index (χ3n) is 4.32. The lowest BCUT2D eigenvalue weighted by Gasteiger charge is -2.37. The third kappa shape index (κ3) is 4.24. The van der Waals surface area contributed by atoms with Gasteiger partial charge in [-0.25, -0.2) is 4.39 Å². The minimum absolute atomic E-state index is 0.138. The molecule has 0 aliphatic carbocycles. The molecule has 1 fully saturated rings. The molecular formula is C18H26FN3. The van der Waals surface area contributed by atoms with E-state index in [0.29, 0.717) is 12.6 Å². The van der Waals surface area contributed by atoms with Crippen LogP contribution in [-0.2, 0) is 6.54 Å². The number of aliphatic imine (C=N–C) groups is 1. The highest BCUT2D eigenvalue weighted by Gasteiger charge is 2.19. The minimum atomic E-state index is -0.138. The predicted octanol–water partition coefficient (Wildman–Crippen LogP) is 3.41. The molecule has 0 aromatic heterocycles. The first-order valence-electron chi connectivity index (χ1n) is 7.89. The maximum absolute atomic E-state index is 14.3. The van der Waals surface area contributed by atoms with E-state index < -0.39 is 0 Å². The molecule has 4 heteroatoms. The Morgan fingerprint density at radius 2 is 2.00 bits per heavy atom. The highest BCUT2D eigenvalue weighted by molar-refractivity contribution is 5.64. The monoisotopic (exact) mass is 303 g/mol. The van der Waals surface area contributed by atoms with Crippen LogP contribution in [0.15, 0.2) is 29.4 Å². The number of rotatable bonds is 5. The molecule has 120 valence electrons. The molecule has 0 unspecified atom stereocenters. The van der Waals surface area contributed by atoms with E-state index in [4.69, 9.17) is 0 Å². The van der Waals surface area contributed by atoms with Crippen LogP contribution in [0.3, 0.4) is 0 Å². The average Bonchev–Trinajstić information content (AvgIpc) is 2.50. The summed E-state index contributed by atoms with van der Waals surface area (Å²) in [4.78, 5) is 8.52. The summed E-state index contributed by atoms with van der Waals surface area (Å²) in [6, 6.07) is 6.03. The third-order valence-corrected chi connectivity index (χ3v) is 4.32. The summed E-state index contributed by atoms with van der Waals surface area (Å²) in [5.41, 5.74) is 2.55. The van der Waals surface area contributed by atoms with Gasteiger partial charge in [0.05, 0.1) is 0 Å². The molecule has 0 N–H and O–H groups in total. The zero-order chi connectivity index (χ0) is 16.1. The van der Waals surface area contributed by atoms with Crippen LogP contribution in [0.25, 0.3) is 5.57 Å². The molecule has 0 spiro atoms. The van der Waals surface area contributed by atoms with Crippen LogP contribution in [0.5, 0.6) is 0 Å². The smallest absolute Gasteiger partial charge is 0.128 e. The van der Waals surface area contributed by atoms with Gasteiger partial charge in [-0.1, -0.05) is 12.1 Å². The lowest BCUT2D eigenvalue weighted by Crippen LogP contribution is -2.48. The van der Waals surface area contributed by atoms with Gasteiger partial charge in [0, 0.05) is 50.5 Å². The summed E-state index contributed by atoms with van der Waals surface area (Å²) in [6.45, 7) is 14.6. The van der Waals surface area contributed by atoms with E-state index in [9.17, 15) is 4.39 Å². The Morgan fingerprint density at radius 3 is 2.55 bits per heavy atom. The van der Waals surface area contributed by atoms with E-state index in [1.165, 1.54) is 0 Å². The molecule has 1 heterocycles. The molecule has 1 saturated heterocycles. The molecular weight excluding hydrogens is 277 g/mol. The zero-order valence-corrected chi connectivity index (χ0v) is 13.8. The first-order valence-corrected chi connectivity index (χ1v) is 7.89. The second-order valence-electron chi connectivity index (χ2n) is 6.21. The Hall–Kier alpha value is -1.52. The Bertz CT molecular complexity index is 543. The lowest BCUT2D eigenvalue weighted by molar-refractivity contribution is 0.103. The molecule has 1 aliphatic rings. The lowest BCUT2D eigenvalue weighted by atomic mass is 10.0. The fourth-order valence-electron chi connectivity index (χ4n) is 2.81. The zero-order valence-electron chi connectivity index (χ0n) is 13.8. The number of nitrogens with zero attached hydrogens (tertiary/aromatic N) is 3. The van der Waals surface area contributed by atoms with Gasteiger partial charge < -0.3 is 0 Å². The van der Waals surface area contributed by atoms with E-state index in [0.717, 1.165) is 42.9 Å². The molecule has 22 heavy (non-hydrogen) atoms. The van der Waals surface area contributed by atoms with Crippen LogP contribution < -0.4 is 0 Å². The average molecular weight is 303 g/mol. The van der Waals surface area contributed by atoms with Crippen LogP contribution in [0, 0.1) is 5.82 Å². The van der Waals surface area contributed by atoms with Gasteiger partial charge in [0.25, 0.3) is 0 Å². The van der Waals surface area contributed by atoms with Crippen molar-refractivity contribution in [2.45, 2.75) is 33.4 Å². The van der Waals surface area contributed by atoms with Crippen molar-refractivity contribution in [3.8, 4) is 0 Å². The Morgan fingerprint density at radius 1 is 1.32 bits per heavy atom. The van der Waals surface area contributed by atoms with E-state index in [2.05, 4.69) is 35.4 Å². The van der Waals surface area contributed by atoms with E-state index in [-0.39, 0.29) is 5.82 Å². The summed E-state index contributed by atoms with van der Waals surface area (Å²) in [5, 5.41) is 0. The van der Waals surface area contributed by atoms with E-state index in [1.54, 1.807) is 12.3 Å². The van der Waals surface area contributed by atoms with E-state index in [1.807, 2.05) is 19.1 Å². The fourth-order valence-corrected chi connectivity index (χ4v) is 2.81. The molecule has 0 atom stereocenters. The van der Waals surface area contributed by atoms with Gasteiger partial charge >= 0.3 is 0 Å². The Kier molecular flexibility index (Phi) is 5.86. The topological polar surface area (TPSA) is 18.8 Å². The molecule has 2 rings (SSSR count). The molecule has 1 aromatic rings. The Balaban J connectivity index is 1.99. The minimum Gasteiger partial charge on any atom is -0.298 e. The number of halogens is 1. The molecule has 3 nitrogen and oxygen atoms in total. The van der Waals surface area contributed by atoms with Crippen molar-refractivity contribution in [2.24, 2.45) is 4.99 Å². The molecule has 1 aromatic carbocycles. The first-order chi connectivity index (χ1) is 10.5. The fraction of sp³-hybridized carbons (Fsp3) is 0.500. The van der Waals surface area contributed by atoms with Gasteiger partial charge in [-0.15, -0.1) is 0 Å². The number of benzene rings is 1. The van der Waals surface area contributed by atoms with Crippen molar-refractivity contribution in [1.82, 2.24) is 9.80 Å². The van der Waals surface area contributed by atoms with Crippen LogP contribution >= 0.6 is 0 Å². The molecule has 0 radical (unpaired) electrons. The highest BCUT2D eigenvalue weighted by Crippen LogP contribution is 2.19.